The predicted octanol–water partition coefficient (Wildman–Crippen LogP) is 1.65. The average Bonchev–Trinajstić information content (AvgIpc) is 2.99. The van der Waals surface area contributed by atoms with Gasteiger partial charge in [-0.15, -0.1) is 0 Å². The molecule has 1 saturated carbocycles. The van der Waals surface area contributed by atoms with Gasteiger partial charge in [0.1, 0.15) is 21.5 Å². The Labute approximate surface area is 146 Å². The summed E-state index contributed by atoms with van der Waals surface area (Å²) in [6.45, 7) is 0.0796. The maximum absolute atomic E-state index is 14.2. The molecule has 0 heterocycles. The molecule has 1 amide bonds. The van der Waals surface area contributed by atoms with Gasteiger partial charge in [-0.05, 0) is 31.4 Å². The van der Waals surface area contributed by atoms with Crippen LogP contribution in [0.1, 0.15) is 37.7 Å². The Morgan fingerprint density at radius 2 is 1.84 bits per heavy atom. The second-order valence-corrected chi connectivity index (χ2v) is 9.09. The van der Waals surface area contributed by atoms with Crippen LogP contribution in [0.3, 0.4) is 0 Å². The van der Waals surface area contributed by atoms with Gasteiger partial charge in [0.2, 0.25) is 5.91 Å². The van der Waals surface area contributed by atoms with Crippen LogP contribution in [0.15, 0.2) is 18.2 Å². The van der Waals surface area contributed by atoms with Crippen molar-refractivity contribution in [3.63, 3.8) is 0 Å². The maximum atomic E-state index is 14.2. The number of nitrogens with one attached hydrogen (secondary N) is 1. The number of nitrogens with two attached hydrogens (primary N) is 1. The van der Waals surface area contributed by atoms with Gasteiger partial charge in [-0.1, -0.05) is 18.9 Å². The fraction of sp³-hybridized carbons (Fsp3) is 0.588. The van der Waals surface area contributed by atoms with Gasteiger partial charge < -0.3 is 11.1 Å². The molecule has 5 nitrogen and oxygen atoms in total. The molecule has 140 valence electrons. The number of rotatable bonds is 7. The monoisotopic (exact) mass is 374 g/mol. The number of benzene rings is 1. The van der Waals surface area contributed by atoms with E-state index >= 15 is 0 Å². The molecule has 8 heteroatoms. The van der Waals surface area contributed by atoms with Crippen molar-refractivity contribution in [2.45, 2.75) is 43.6 Å². The molecule has 0 bridgehead atoms. The minimum Gasteiger partial charge on any atom is -0.354 e. The Balaban J connectivity index is 2.09. The standard InChI is InChI=1S/C17H24F2N2O3S/c1-25(23,24)10-7-14(20)16(22)21-11-17(8-2-3-9-17)15-12(18)5-4-6-13(15)19/h4-6,14H,2-3,7-11,20H2,1H3,(H,21,22). The molecule has 0 aromatic heterocycles. The lowest BCUT2D eigenvalue weighted by Gasteiger charge is -2.31. The fourth-order valence-electron chi connectivity index (χ4n) is 3.43. The second kappa shape index (κ2) is 7.78. The van der Waals surface area contributed by atoms with Crippen LogP contribution in [0, 0.1) is 11.6 Å². The highest BCUT2D eigenvalue weighted by atomic mass is 32.2. The van der Waals surface area contributed by atoms with E-state index in [-0.39, 0.29) is 24.3 Å². The van der Waals surface area contributed by atoms with Gasteiger partial charge in [-0.2, -0.15) is 0 Å². The first-order valence-electron chi connectivity index (χ1n) is 8.30. The lowest BCUT2D eigenvalue weighted by Crippen LogP contribution is -2.47. The van der Waals surface area contributed by atoms with Gasteiger partial charge in [0, 0.05) is 23.8 Å². The third-order valence-corrected chi connectivity index (χ3v) is 5.77. The number of sulfone groups is 1. The third-order valence-electron chi connectivity index (χ3n) is 4.79. The maximum Gasteiger partial charge on any atom is 0.236 e. The highest BCUT2D eigenvalue weighted by Gasteiger charge is 2.40. The number of hydrogen-bond acceptors (Lipinski definition) is 4. The van der Waals surface area contributed by atoms with E-state index in [1.165, 1.54) is 18.2 Å². The zero-order valence-corrected chi connectivity index (χ0v) is 15.0. The van der Waals surface area contributed by atoms with Crippen LogP contribution in [0.25, 0.3) is 0 Å². The molecule has 1 fully saturated rings. The van der Waals surface area contributed by atoms with E-state index in [4.69, 9.17) is 5.73 Å². The molecule has 2 rings (SSSR count). The molecule has 1 unspecified atom stereocenters. The van der Waals surface area contributed by atoms with Crippen LogP contribution in [0.4, 0.5) is 8.78 Å². The fourth-order valence-corrected chi connectivity index (χ4v) is 4.11. The van der Waals surface area contributed by atoms with Crippen LogP contribution < -0.4 is 11.1 Å². The topological polar surface area (TPSA) is 89.3 Å². The molecule has 3 N–H and O–H groups in total. The summed E-state index contributed by atoms with van der Waals surface area (Å²) in [6.07, 6.45) is 3.87. The van der Waals surface area contributed by atoms with E-state index in [0.29, 0.717) is 12.8 Å². The van der Waals surface area contributed by atoms with Crippen molar-refractivity contribution >= 4 is 15.7 Å². The van der Waals surface area contributed by atoms with Crippen molar-refractivity contribution in [2.75, 3.05) is 18.6 Å². The summed E-state index contributed by atoms with van der Waals surface area (Å²) >= 11 is 0. The molecule has 0 spiro atoms. The average molecular weight is 374 g/mol. The smallest absolute Gasteiger partial charge is 0.236 e. The lowest BCUT2D eigenvalue weighted by atomic mass is 9.78. The zero-order chi connectivity index (χ0) is 18.7. The van der Waals surface area contributed by atoms with Gasteiger partial charge in [-0.25, -0.2) is 17.2 Å². The van der Waals surface area contributed by atoms with Crippen LogP contribution >= 0.6 is 0 Å². The normalized spacial score (nSPS) is 18.1. The minimum absolute atomic E-state index is 0.00568. The number of carbonyl (C=O) groups excluding carboxylic acids is 1. The molecule has 25 heavy (non-hydrogen) atoms. The number of amides is 1. The van der Waals surface area contributed by atoms with E-state index in [1.54, 1.807) is 0 Å². The molecular weight excluding hydrogens is 350 g/mol. The number of carbonyl (C=O) groups is 1. The predicted molar refractivity (Wildman–Crippen MR) is 91.8 cm³/mol. The van der Waals surface area contributed by atoms with E-state index < -0.39 is 38.8 Å². The summed E-state index contributed by atoms with van der Waals surface area (Å²) < 4.78 is 50.8. The lowest BCUT2D eigenvalue weighted by molar-refractivity contribution is -0.122. The Kier molecular flexibility index (Phi) is 6.16. The van der Waals surface area contributed by atoms with E-state index in [9.17, 15) is 22.0 Å². The largest absolute Gasteiger partial charge is 0.354 e. The van der Waals surface area contributed by atoms with Gasteiger partial charge >= 0.3 is 0 Å². The van der Waals surface area contributed by atoms with Crippen molar-refractivity contribution < 1.29 is 22.0 Å². The molecule has 1 atom stereocenters. The zero-order valence-electron chi connectivity index (χ0n) is 14.2. The number of hydrogen-bond donors (Lipinski definition) is 2. The van der Waals surface area contributed by atoms with Crippen LogP contribution in [0.5, 0.6) is 0 Å². The van der Waals surface area contributed by atoms with Crippen LogP contribution in [-0.2, 0) is 20.0 Å². The molecule has 1 aliphatic carbocycles. The minimum atomic E-state index is -3.21. The second-order valence-electron chi connectivity index (χ2n) is 6.83. The van der Waals surface area contributed by atoms with Gasteiger partial charge in [0.05, 0.1) is 11.8 Å². The van der Waals surface area contributed by atoms with Gasteiger partial charge in [0.25, 0.3) is 0 Å². The van der Waals surface area contributed by atoms with Gasteiger partial charge in [0.15, 0.2) is 0 Å². The third kappa shape index (κ3) is 4.98. The van der Waals surface area contributed by atoms with Crippen molar-refractivity contribution in [2.24, 2.45) is 5.73 Å². The summed E-state index contributed by atoms with van der Waals surface area (Å²) in [5.74, 6) is -1.92. The van der Waals surface area contributed by atoms with Gasteiger partial charge in [-0.3, -0.25) is 4.79 Å². The first-order chi connectivity index (χ1) is 11.6. The molecule has 0 radical (unpaired) electrons. The Morgan fingerprint density at radius 1 is 1.28 bits per heavy atom. The molecule has 0 aliphatic heterocycles. The Hall–Kier alpha value is -1.54. The van der Waals surface area contributed by atoms with Crippen LogP contribution in [-0.4, -0.2) is 38.9 Å². The summed E-state index contributed by atoms with van der Waals surface area (Å²) in [4.78, 5) is 12.1. The SMILES string of the molecule is CS(=O)(=O)CCC(N)C(=O)NCC1(c2c(F)cccc2F)CCCC1. The molecule has 1 aliphatic rings. The summed E-state index contributed by atoms with van der Waals surface area (Å²) in [6, 6.07) is 2.78. The van der Waals surface area contributed by atoms with E-state index in [2.05, 4.69) is 5.32 Å². The molecule has 1 aromatic carbocycles. The van der Waals surface area contributed by atoms with Crippen molar-refractivity contribution in [1.82, 2.24) is 5.32 Å². The molecular formula is C17H24F2N2O3S. The first kappa shape index (κ1) is 19.8. The summed E-state index contributed by atoms with van der Waals surface area (Å²) in [5, 5.41) is 2.66. The quantitative estimate of drug-likeness (QED) is 0.760. The molecule has 1 aromatic rings. The Morgan fingerprint density at radius 3 is 2.36 bits per heavy atom. The summed E-state index contributed by atoms with van der Waals surface area (Å²) in [5.41, 5.74) is 4.95. The van der Waals surface area contributed by atoms with E-state index in [0.717, 1.165) is 19.1 Å². The van der Waals surface area contributed by atoms with Crippen molar-refractivity contribution in [1.29, 1.82) is 0 Å². The Bertz CT molecular complexity index is 711. The van der Waals surface area contributed by atoms with E-state index in [1.807, 2.05) is 0 Å². The summed E-state index contributed by atoms with van der Waals surface area (Å²) in [7, 11) is -3.21. The van der Waals surface area contributed by atoms with Crippen molar-refractivity contribution in [3.05, 3.63) is 35.4 Å². The van der Waals surface area contributed by atoms with Crippen molar-refractivity contribution in [3.8, 4) is 0 Å². The highest BCUT2D eigenvalue weighted by molar-refractivity contribution is 7.90. The van der Waals surface area contributed by atoms with Crippen LogP contribution in [0.2, 0.25) is 0 Å². The molecule has 0 saturated heterocycles. The first-order valence-corrected chi connectivity index (χ1v) is 10.4. The highest BCUT2D eigenvalue weighted by Crippen LogP contribution is 2.42. The number of halogens is 2.